The molecule has 0 aliphatic rings. The standard InChI is InChI=1S/C16H29N2O2/c1-15-16(9-8-10-17-15)20-14-7-5-4-6-11-18(2,3)12-13-19/h8-10,19H,4-7,11-14H2,1-3H3/q+1. The molecule has 20 heavy (non-hydrogen) atoms. The number of pyridine rings is 1. The number of unbranched alkanes of at least 4 members (excludes halogenated alkanes) is 3. The fraction of sp³-hybridized carbons (Fsp3) is 0.688. The lowest BCUT2D eigenvalue weighted by Crippen LogP contribution is -2.42. The van der Waals surface area contributed by atoms with Gasteiger partial charge in [0.2, 0.25) is 0 Å². The number of nitrogens with zero attached hydrogens (tertiary/aromatic N) is 2. The first-order valence-electron chi connectivity index (χ1n) is 7.52. The lowest BCUT2D eigenvalue weighted by Gasteiger charge is -2.28. The van der Waals surface area contributed by atoms with Crippen molar-refractivity contribution in [1.29, 1.82) is 0 Å². The summed E-state index contributed by atoms with van der Waals surface area (Å²) < 4.78 is 6.63. The van der Waals surface area contributed by atoms with Gasteiger partial charge in [0.25, 0.3) is 0 Å². The van der Waals surface area contributed by atoms with Crippen LogP contribution in [0.1, 0.15) is 31.4 Å². The van der Waals surface area contributed by atoms with Crippen LogP contribution in [0.3, 0.4) is 0 Å². The van der Waals surface area contributed by atoms with E-state index in [9.17, 15) is 0 Å². The molecule has 1 heterocycles. The smallest absolute Gasteiger partial charge is 0.140 e. The van der Waals surface area contributed by atoms with Crippen molar-refractivity contribution in [2.75, 3.05) is 40.4 Å². The molecule has 1 N–H and O–H groups in total. The van der Waals surface area contributed by atoms with E-state index in [1.54, 1.807) is 6.20 Å². The van der Waals surface area contributed by atoms with Crippen molar-refractivity contribution in [3.05, 3.63) is 24.0 Å². The van der Waals surface area contributed by atoms with Gasteiger partial charge in [-0.15, -0.1) is 0 Å². The Morgan fingerprint density at radius 3 is 2.60 bits per heavy atom. The summed E-state index contributed by atoms with van der Waals surface area (Å²) >= 11 is 0. The quantitative estimate of drug-likeness (QED) is 0.529. The molecule has 0 fully saturated rings. The molecule has 4 heteroatoms. The molecular weight excluding hydrogens is 252 g/mol. The minimum atomic E-state index is 0.269. The van der Waals surface area contributed by atoms with Crippen molar-refractivity contribution in [2.24, 2.45) is 0 Å². The van der Waals surface area contributed by atoms with E-state index in [4.69, 9.17) is 9.84 Å². The first-order chi connectivity index (χ1) is 9.55. The van der Waals surface area contributed by atoms with Crippen LogP contribution in [0.15, 0.2) is 18.3 Å². The Morgan fingerprint density at radius 2 is 1.90 bits per heavy atom. The molecule has 0 radical (unpaired) electrons. The number of hydrogen-bond acceptors (Lipinski definition) is 3. The molecule has 0 spiro atoms. The van der Waals surface area contributed by atoms with Crippen LogP contribution in [0.4, 0.5) is 0 Å². The first kappa shape index (κ1) is 16.9. The maximum absolute atomic E-state index is 8.97. The SMILES string of the molecule is Cc1ncccc1OCCCCCC[N+](C)(C)CCO. The van der Waals surface area contributed by atoms with E-state index in [0.29, 0.717) is 0 Å². The highest BCUT2D eigenvalue weighted by atomic mass is 16.5. The lowest BCUT2D eigenvalue weighted by atomic mass is 10.2. The summed E-state index contributed by atoms with van der Waals surface area (Å²) in [5, 5.41) is 8.97. The molecule has 0 aliphatic carbocycles. The third-order valence-corrected chi connectivity index (χ3v) is 3.58. The first-order valence-corrected chi connectivity index (χ1v) is 7.52. The Kier molecular flexibility index (Phi) is 7.55. The van der Waals surface area contributed by atoms with Gasteiger partial charge >= 0.3 is 0 Å². The van der Waals surface area contributed by atoms with Crippen molar-refractivity contribution >= 4 is 0 Å². The van der Waals surface area contributed by atoms with Crippen LogP contribution in [-0.2, 0) is 0 Å². The number of quaternary nitrogens is 1. The van der Waals surface area contributed by atoms with Crippen LogP contribution in [0.25, 0.3) is 0 Å². The van der Waals surface area contributed by atoms with Crippen molar-refractivity contribution in [3.63, 3.8) is 0 Å². The van der Waals surface area contributed by atoms with E-state index in [-0.39, 0.29) is 6.61 Å². The number of aromatic nitrogens is 1. The van der Waals surface area contributed by atoms with E-state index < -0.39 is 0 Å². The average Bonchev–Trinajstić information content (AvgIpc) is 2.39. The van der Waals surface area contributed by atoms with Crippen LogP contribution in [-0.4, -0.2) is 55.0 Å². The van der Waals surface area contributed by atoms with Crippen molar-refractivity contribution in [2.45, 2.75) is 32.6 Å². The molecular formula is C16H29N2O2+. The van der Waals surface area contributed by atoms with Gasteiger partial charge in [0, 0.05) is 6.20 Å². The minimum absolute atomic E-state index is 0.269. The lowest BCUT2D eigenvalue weighted by molar-refractivity contribution is -0.890. The van der Waals surface area contributed by atoms with Crippen molar-refractivity contribution in [1.82, 2.24) is 4.98 Å². The summed E-state index contributed by atoms with van der Waals surface area (Å²) in [5.41, 5.74) is 0.954. The largest absolute Gasteiger partial charge is 0.492 e. The second-order valence-corrected chi connectivity index (χ2v) is 5.96. The van der Waals surface area contributed by atoms with E-state index in [2.05, 4.69) is 19.1 Å². The minimum Gasteiger partial charge on any atom is -0.492 e. The summed E-state index contributed by atoms with van der Waals surface area (Å²) in [6.07, 6.45) is 6.50. The Labute approximate surface area is 123 Å². The Morgan fingerprint density at radius 1 is 1.15 bits per heavy atom. The number of hydrogen-bond donors (Lipinski definition) is 1. The van der Waals surface area contributed by atoms with E-state index >= 15 is 0 Å². The van der Waals surface area contributed by atoms with Crippen LogP contribution < -0.4 is 4.74 Å². The fourth-order valence-corrected chi connectivity index (χ4v) is 2.18. The number of likely N-dealkylation sites (N-methyl/N-ethyl adjacent to an activating group) is 1. The van der Waals surface area contributed by atoms with Crippen LogP contribution in [0.2, 0.25) is 0 Å². The van der Waals surface area contributed by atoms with Crippen molar-refractivity contribution in [3.8, 4) is 5.75 Å². The zero-order valence-electron chi connectivity index (χ0n) is 13.1. The number of ether oxygens (including phenoxy) is 1. The van der Waals surface area contributed by atoms with Crippen LogP contribution in [0, 0.1) is 6.92 Å². The van der Waals surface area contributed by atoms with E-state index in [0.717, 1.165) is 42.0 Å². The third-order valence-electron chi connectivity index (χ3n) is 3.58. The van der Waals surface area contributed by atoms with Crippen LogP contribution >= 0.6 is 0 Å². The van der Waals surface area contributed by atoms with Crippen LogP contribution in [0.5, 0.6) is 5.75 Å². The summed E-state index contributed by atoms with van der Waals surface area (Å²) in [5.74, 6) is 0.897. The monoisotopic (exact) mass is 281 g/mol. The highest BCUT2D eigenvalue weighted by molar-refractivity contribution is 5.25. The van der Waals surface area contributed by atoms with Gasteiger partial charge in [0.05, 0.1) is 39.5 Å². The van der Waals surface area contributed by atoms with E-state index in [1.807, 2.05) is 19.1 Å². The molecule has 0 atom stereocenters. The van der Waals surface area contributed by atoms with Gasteiger partial charge in [0.1, 0.15) is 12.3 Å². The molecule has 0 amide bonds. The summed E-state index contributed by atoms with van der Waals surface area (Å²) in [4.78, 5) is 4.20. The predicted octanol–water partition coefficient (Wildman–Crippen LogP) is 2.40. The van der Waals surface area contributed by atoms with Gasteiger partial charge in [-0.3, -0.25) is 4.98 Å². The molecule has 0 bridgehead atoms. The molecule has 4 nitrogen and oxygen atoms in total. The van der Waals surface area contributed by atoms with Gasteiger partial charge in [-0.2, -0.15) is 0 Å². The molecule has 0 aliphatic heterocycles. The van der Waals surface area contributed by atoms with Gasteiger partial charge in [-0.05, 0) is 44.7 Å². The maximum atomic E-state index is 8.97. The van der Waals surface area contributed by atoms with Crippen molar-refractivity contribution < 1.29 is 14.3 Å². The fourth-order valence-electron chi connectivity index (χ4n) is 2.18. The molecule has 0 unspecified atom stereocenters. The molecule has 0 aromatic carbocycles. The average molecular weight is 281 g/mol. The second-order valence-electron chi connectivity index (χ2n) is 5.96. The molecule has 1 rings (SSSR count). The summed E-state index contributed by atoms with van der Waals surface area (Å²) in [6, 6.07) is 3.88. The molecule has 0 saturated carbocycles. The second kappa shape index (κ2) is 8.93. The summed E-state index contributed by atoms with van der Waals surface area (Å²) in [7, 11) is 4.34. The Bertz CT molecular complexity index is 380. The molecule has 0 saturated heterocycles. The molecule has 1 aromatic rings. The molecule has 1 aromatic heterocycles. The number of rotatable bonds is 10. The highest BCUT2D eigenvalue weighted by Crippen LogP contribution is 2.14. The summed E-state index contributed by atoms with van der Waals surface area (Å²) in [6.45, 7) is 4.97. The van der Waals surface area contributed by atoms with E-state index in [1.165, 1.54) is 19.3 Å². The normalized spacial score (nSPS) is 11.6. The maximum Gasteiger partial charge on any atom is 0.140 e. The zero-order chi connectivity index (χ0) is 14.8. The van der Waals surface area contributed by atoms with Gasteiger partial charge in [0.15, 0.2) is 0 Å². The molecule has 114 valence electrons. The number of aryl methyl sites for hydroxylation is 1. The number of aliphatic hydroxyl groups excluding tert-OH is 1. The highest BCUT2D eigenvalue weighted by Gasteiger charge is 2.12. The van der Waals surface area contributed by atoms with Gasteiger partial charge in [-0.1, -0.05) is 0 Å². The van der Waals surface area contributed by atoms with Gasteiger partial charge < -0.3 is 14.3 Å². The third kappa shape index (κ3) is 6.87. The van der Waals surface area contributed by atoms with Gasteiger partial charge in [-0.25, -0.2) is 0 Å². The predicted molar refractivity (Wildman–Crippen MR) is 81.9 cm³/mol. The Hall–Kier alpha value is -1.13. The Balaban J connectivity index is 2.04. The topological polar surface area (TPSA) is 42.4 Å². The zero-order valence-corrected chi connectivity index (χ0v) is 13.1. The number of aliphatic hydroxyl groups is 1.